The summed E-state index contributed by atoms with van der Waals surface area (Å²) in [6.07, 6.45) is 3.34. The van der Waals surface area contributed by atoms with Crippen molar-refractivity contribution < 1.29 is 23.3 Å². The van der Waals surface area contributed by atoms with Crippen LogP contribution in [0.4, 0.5) is 0 Å². The Morgan fingerprint density at radius 3 is 2.70 bits per heavy atom. The van der Waals surface area contributed by atoms with Gasteiger partial charge in [-0.25, -0.2) is 0 Å². The number of hydrogen-bond donors (Lipinski definition) is 0. The molecule has 10 heavy (non-hydrogen) atoms. The van der Waals surface area contributed by atoms with Crippen molar-refractivity contribution in [3.63, 3.8) is 0 Å². The SMILES string of the molecule is CC1=NC2C[CH-]C1(C)O2.[V]. The van der Waals surface area contributed by atoms with Crippen LogP contribution >= 0.6 is 0 Å². The van der Waals surface area contributed by atoms with Crippen molar-refractivity contribution in [2.75, 3.05) is 0 Å². The standard InChI is InChI=1S/C7H10NO.V/c1-5-7(2)4-3-6(8-5)9-7;/h4,6H,3H2,1-2H3;/q-1;. The second kappa shape index (κ2) is 2.36. The molecule has 0 saturated carbocycles. The van der Waals surface area contributed by atoms with Gasteiger partial charge in [0.05, 0.1) is 0 Å². The first kappa shape index (κ1) is 8.31. The van der Waals surface area contributed by atoms with Crippen molar-refractivity contribution in [3.8, 4) is 0 Å². The minimum absolute atomic E-state index is 0. The van der Waals surface area contributed by atoms with Crippen LogP contribution in [-0.4, -0.2) is 17.5 Å². The third-order valence-electron chi connectivity index (χ3n) is 2.15. The fourth-order valence-electron chi connectivity index (χ4n) is 1.36. The first-order valence-corrected chi connectivity index (χ1v) is 3.28. The van der Waals surface area contributed by atoms with Gasteiger partial charge in [-0.15, -0.1) is 6.42 Å². The summed E-state index contributed by atoms with van der Waals surface area (Å²) in [6.45, 7) is 4.09. The molecule has 1 saturated heterocycles. The van der Waals surface area contributed by atoms with Crippen LogP contribution in [0, 0.1) is 6.42 Å². The van der Waals surface area contributed by atoms with Crippen molar-refractivity contribution in [1.29, 1.82) is 0 Å². The van der Waals surface area contributed by atoms with E-state index in [1.165, 1.54) is 0 Å². The number of ether oxygens (including phenoxy) is 1. The molecule has 1 fully saturated rings. The normalized spacial score (nSPS) is 43.0. The number of hydrogen-bond acceptors (Lipinski definition) is 2. The molecule has 2 heterocycles. The number of fused-ring (bicyclic) bond motifs is 2. The second-order valence-corrected chi connectivity index (χ2v) is 2.83. The molecular weight excluding hydrogens is 165 g/mol. The summed E-state index contributed by atoms with van der Waals surface area (Å²) < 4.78 is 5.51. The Kier molecular flexibility index (Phi) is 1.97. The third kappa shape index (κ3) is 0.950. The molecule has 3 heteroatoms. The van der Waals surface area contributed by atoms with E-state index in [4.69, 9.17) is 4.74 Å². The maximum absolute atomic E-state index is 5.51. The zero-order chi connectivity index (χ0) is 6.48. The van der Waals surface area contributed by atoms with E-state index in [0.717, 1.165) is 12.1 Å². The number of aliphatic imine (C=N–C) groups is 1. The first-order valence-electron chi connectivity index (χ1n) is 3.28. The Morgan fingerprint density at radius 1 is 1.80 bits per heavy atom. The maximum atomic E-state index is 5.51. The van der Waals surface area contributed by atoms with E-state index in [1.54, 1.807) is 0 Å². The smallest absolute Gasteiger partial charge is 0.119 e. The molecule has 0 aromatic carbocycles. The van der Waals surface area contributed by atoms with E-state index in [-0.39, 0.29) is 30.4 Å². The van der Waals surface area contributed by atoms with Gasteiger partial charge in [-0.1, -0.05) is 6.92 Å². The Labute approximate surface area is 72.9 Å². The summed E-state index contributed by atoms with van der Waals surface area (Å²) in [5, 5.41) is 0. The van der Waals surface area contributed by atoms with Crippen molar-refractivity contribution in [2.24, 2.45) is 4.99 Å². The van der Waals surface area contributed by atoms with Gasteiger partial charge in [0.15, 0.2) is 0 Å². The molecule has 0 aromatic heterocycles. The van der Waals surface area contributed by atoms with E-state index >= 15 is 0 Å². The molecule has 2 rings (SSSR count). The molecule has 2 aliphatic rings. The molecule has 2 atom stereocenters. The summed E-state index contributed by atoms with van der Waals surface area (Å²) in [6, 6.07) is 0. The Hall–Kier alpha value is 0.214. The minimum atomic E-state index is -0.106. The predicted octanol–water partition coefficient (Wildman–Crippen LogP) is 1.17. The Balaban J connectivity index is 0.000000500. The topological polar surface area (TPSA) is 21.6 Å². The average Bonchev–Trinajstić information content (AvgIpc) is 2.22. The summed E-state index contributed by atoms with van der Waals surface area (Å²) >= 11 is 0. The molecule has 0 N–H and O–H groups in total. The second-order valence-electron chi connectivity index (χ2n) is 2.83. The Morgan fingerprint density at radius 2 is 2.50 bits per heavy atom. The first-order chi connectivity index (χ1) is 4.21. The van der Waals surface area contributed by atoms with Crippen molar-refractivity contribution in [1.82, 2.24) is 0 Å². The zero-order valence-corrected chi connectivity index (χ0v) is 7.56. The largest absolute Gasteiger partial charge is 0.379 e. The van der Waals surface area contributed by atoms with Crippen LogP contribution in [-0.2, 0) is 23.3 Å². The molecule has 0 aliphatic carbocycles. The van der Waals surface area contributed by atoms with E-state index in [9.17, 15) is 0 Å². The molecule has 0 aromatic rings. The van der Waals surface area contributed by atoms with E-state index in [0.29, 0.717) is 0 Å². The molecule has 2 unspecified atom stereocenters. The van der Waals surface area contributed by atoms with Gasteiger partial charge in [0, 0.05) is 24.3 Å². The van der Waals surface area contributed by atoms with E-state index < -0.39 is 0 Å². The van der Waals surface area contributed by atoms with Gasteiger partial charge in [0.2, 0.25) is 0 Å². The van der Waals surface area contributed by atoms with Gasteiger partial charge in [0.1, 0.15) is 6.23 Å². The monoisotopic (exact) mass is 175 g/mol. The predicted molar refractivity (Wildman–Crippen MR) is 35.3 cm³/mol. The summed E-state index contributed by atoms with van der Waals surface area (Å²) in [5.41, 5.74) is 1.02. The molecule has 1 radical (unpaired) electrons. The van der Waals surface area contributed by atoms with E-state index in [1.807, 2.05) is 6.92 Å². The molecule has 0 spiro atoms. The molecule has 2 bridgehead atoms. The van der Waals surface area contributed by atoms with Crippen molar-refractivity contribution in [2.45, 2.75) is 32.1 Å². The quantitative estimate of drug-likeness (QED) is 0.506. The molecule has 2 aliphatic heterocycles. The molecular formula is C7H10NOV-. The molecule has 0 amide bonds. The fraction of sp³-hybridized carbons (Fsp3) is 0.714. The van der Waals surface area contributed by atoms with E-state index in [2.05, 4.69) is 18.3 Å². The van der Waals surface area contributed by atoms with Gasteiger partial charge in [-0.05, 0) is 12.5 Å². The summed E-state index contributed by atoms with van der Waals surface area (Å²) in [7, 11) is 0. The van der Waals surface area contributed by atoms with Crippen LogP contribution < -0.4 is 0 Å². The van der Waals surface area contributed by atoms with Crippen LogP contribution in [0.1, 0.15) is 20.3 Å². The average molecular weight is 175 g/mol. The van der Waals surface area contributed by atoms with Crippen molar-refractivity contribution in [3.05, 3.63) is 6.42 Å². The van der Waals surface area contributed by atoms with Crippen LogP contribution in [0.5, 0.6) is 0 Å². The van der Waals surface area contributed by atoms with Crippen LogP contribution in [0.3, 0.4) is 0 Å². The van der Waals surface area contributed by atoms with Gasteiger partial charge in [-0.3, -0.25) is 11.4 Å². The van der Waals surface area contributed by atoms with Crippen LogP contribution in [0.15, 0.2) is 4.99 Å². The minimum Gasteiger partial charge on any atom is -0.379 e. The van der Waals surface area contributed by atoms with Gasteiger partial charge in [-0.2, -0.15) is 0 Å². The zero-order valence-electron chi connectivity index (χ0n) is 6.16. The maximum Gasteiger partial charge on any atom is 0.119 e. The van der Waals surface area contributed by atoms with Crippen LogP contribution in [0.25, 0.3) is 0 Å². The molecule has 2 nitrogen and oxygen atoms in total. The van der Waals surface area contributed by atoms with Gasteiger partial charge < -0.3 is 4.74 Å². The summed E-state index contributed by atoms with van der Waals surface area (Å²) in [5.74, 6) is 0. The fourth-order valence-corrected chi connectivity index (χ4v) is 1.36. The van der Waals surface area contributed by atoms with Crippen molar-refractivity contribution >= 4 is 5.71 Å². The molecule has 55 valence electrons. The van der Waals surface area contributed by atoms with Gasteiger partial charge in [0.25, 0.3) is 0 Å². The third-order valence-corrected chi connectivity index (χ3v) is 2.15. The number of nitrogens with zero attached hydrogens (tertiary/aromatic N) is 1. The van der Waals surface area contributed by atoms with Gasteiger partial charge >= 0.3 is 0 Å². The van der Waals surface area contributed by atoms with Crippen LogP contribution in [0.2, 0.25) is 0 Å². The summed E-state index contributed by atoms with van der Waals surface area (Å²) in [4.78, 5) is 4.29. The Bertz CT molecular complexity index is 180. The number of rotatable bonds is 0.